The van der Waals surface area contributed by atoms with Crippen LogP contribution in [0.4, 0.5) is 0 Å². The molecule has 0 radical (unpaired) electrons. The Morgan fingerprint density at radius 3 is 2.94 bits per heavy atom. The van der Waals surface area contributed by atoms with Gasteiger partial charge in [0.1, 0.15) is 12.1 Å². The topological polar surface area (TPSA) is 61.2 Å². The maximum Gasteiger partial charge on any atom is 0.313 e. The van der Waals surface area contributed by atoms with Crippen LogP contribution in [0.1, 0.15) is 42.7 Å². The molecule has 0 aromatic carbocycles. The number of carbonyl (C=O) groups is 2. The van der Waals surface area contributed by atoms with E-state index in [0.29, 0.717) is 18.3 Å². The van der Waals surface area contributed by atoms with Crippen molar-refractivity contribution in [2.24, 2.45) is 0 Å². The lowest BCUT2D eigenvalue weighted by molar-refractivity contribution is -0.141. The van der Waals surface area contributed by atoms with E-state index in [1.807, 2.05) is 0 Å². The Kier molecular flexibility index (Phi) is 3.03. The minimum Gasteiger partial charge on any atom is -0.466 e. The van der Waals surface area contributed by atoms with Crippen molar-refractivity contribution < 1.29 is 14.3 Å². The Morgan fingerprint density at radius 2 is 2.31 bits per heavy atom. The Labute approximate surface area is 93.4 Å². The highest BCUT2D eigenvalue weighted by atomic mass is 16.5. The van der Waals surface area contributed by atoms with E-state index < -0.39 is 5.97 Å². The second-order valence-corrected chi connectivity index (χ2v) is 3.80. The van der Waals surface area contributed by atoms with Crippen molar-refractivity contribution in [1.82, 2.24) is 9.78 Å². The molecule has 1 heterocycles. The third-order valence-electron chi connectivity index (χ3n) is 2.46. The molecule has 0 saturated heterocycles. The molecular formula is C11H14N2O3. The fourth-order valence-electron chi connectivity index (χ4n) is 1.58. The van der Waals surface area contributed by atoms with Gasteiger partial charge in [0, 0.05) is 6.20 Å². The number of rotatable bonds is 5. The summed E-state index contributed by atoms with van der Waals surface area (Å²) in [6.07, 6.45) is 3.51. The molecule has 1 saturated carbocycles. The van der Waals surface area contributed by atoms with Gasteiger partial charge in [0.2, 0.25) is 0 Å². The Morgan fingerprint density at radius 1 is 1.56 bits per heavy atom. The largest absolute Gasteiger partial charge is 0.466 e. The van der Waals surface area contributed by atoms with Crippen LogP contribution in [0.3, 0.4) is 0 Å². The molecule has 2 rings (SSSR count). The first-order chi connectivity index (χ1) is 7.72. The van der Waals surface area contributed by atoms with Gasteiger partial charge in [-0.2, -0.15) is 5.10 Å². The lowest BCUT2D eigenvalue weighted by Crippen LogP contribution is -2.15. The fraction of sp³-hybridized carbons (Fsp3) is 0.545. The number of carbonyl (C=O) groups excluding carboxylic acids is 2. The van der Waals surface area contributed by atoms with Crippen LogP contribution in [0, 0.1) is 0 Å². The van der Waals surface area contributed by atoms with E-state index in [2.05, 4.69) is 5.10 Å². The standard InChI is InChI=1S/C11H14N2O3/c1-2-16-11(15)7-10(14)9-5-6-12-13(9)8-3-4-8/h5-6,8H,2-4,7H2,1H3. The first kappa shape index (κ1) is 10.9. The molecule has 0 bridgehead atoms. The van der Waals surface area contributed by atoms with Gasteiger partial charge in [-0.05, 0) is 25.8 Å². The van der Waals surface area contributed by atoms with Crippen molar-refractivity contribution in [3.8, 4) is 0 Å². The average molecular weight is 222 g/mol. The van der Waals surface area contributed by atoms with Crippen molar-refractivity contribution in [2.45, 2.75) is 32.2 Å². The summed E-state index contributed by atoms with van der Waals surface area (Å²) in [5, 5.41) is 4.10. The van der Waals surface area contributed by atoms with E-state index in [1.54, 1.807) is 23.9 Å². The van der Waals surface area contributed by atoms with E-state index in [1.165, 1.54) is 0 Å². The summed E-state index contributed by atoms with van der Waals surface area (Å²) in [4.78, 5) is 23.0. The zero-order valence-electron chi connectivity index (χ0n) is 9.18. The molecule has 1 aromatic heterocycles. The third-order valence-corrected chi connectivity index (χ3v) is 2.46. The second-order valence-electron chi connectivity index (χ2n) is 3.80. The zero-order chi connectivity index (χ0) is 11.5. The highest BCUT2D eigenvalue weighted by molar-refractivity contribution is 6.04. The van der Waals surface area contributed by atoms with Crippen LogP contribution < -0.4 is 0 Å². The minimum atomic E-state index is -0.476. The Balaban J connectivity index is 2.02. The summed E-state index contributed by atoms with van der Waals surface area (Å²) in [6.45, 7) is 2.02. The molecule has 0 aliphatic heterocycles. The van der Waals surface area contributed by atoms with Crippen LogP contribution >= 0.6 is 0 Å². The predicted molar refractivity (Wildman–Crippen MR) is 56.1 cm³/mol. The van der Waals surface area contributed by atoms with Crippen LogP contribution in [0.5, 0.6) is 0 Å². The zero-order valence-corrected chi connectivity index (χ0v) is 9.18. The maximum absolute atomic E-state index is 11.8. The third kappa shape index (κ3) is 2.29. The van der Waals surface area contributed by atoms with Crippen molar-refractivity contribution in [3.05, 3.63) is 18.0 Å². The first-order valence-electron chi connectivity index (χ1n) is 5.44. The highest BCUT2D eigenvalue weighted by Gasteiger charge is 2.28. The molecule has 1 aliphatic carbocycles. The van der Waals surface area contributed by atoms with E-state index in [4.69, 9.17) is 4.74 Å². The molecule has 0 amide bonds. The van der Waals surface area contributed by atoms with Crippen LogP contribution in [0.25, 0.3) is 0 Å². The Bertz CT molecular complexity index is 407. The SMILES string of the molecule is CCOC(=O)CC(=O)c1ccnn1C1CC1. The van der Waals surface area contributed by atoms with Crippen LogP contribution in [0.2, 0.25) is 0 Å². The van der Waals surface area contributed by atoms with Gasteiger partial charge in [-0.1, -0.05) is 0 Å². The molecule has 0 unspecified atom stereocenters. The number of Topliss-reactive ketones (excluding diaryl/α,β-unsaturated/α-hetero) is 1. The molecule has 1 aliphatic rings. The molecule has 1 fully saturated rings. The summed E-state index contributed by atoms with van der Waals surface area (Å²) >= 11 is 0. The summed E-state index contributed by atoms with van der Waals surface area (Å²) in [7, 11) is 0. The van der Waals surface area contributed by atoms with Gasteiger partial charge in [0.15, 0.2) is 5.78 Å². The van der Waals surface area contributed by atoms with Crippen molar-refractivity contribution in [1.29, 1.82) is 0 Å². The minimum absolute atomic E-state index is 0.202. The average Bonchev–Trinajstić information content (AvgIpc) is 2.96. The number of esters is 1. The Hall–Kier alpha value is -1.65. The van der Waals surface area contributed by atoms with Crippen LogP contribution in [-0.2, 0) is 9.53 Å². The number of nitrogens with zero attached hydrogens (tertiary/aromatic N) is 2. The summed E-state index contributed by atoms with van der Waals surface area (Å²) < 4.78 is 6.45. The fourth-order valence-corrected chi connectivity index (χ4v) is 1.58. The molecule has 16 heavy (non-hydrogen) atoms. The van der Waals surface area contributed by atoms with Gasteiger partial charge >= 0.3 is 5.97 Å². The number of ether oxygens (including phenoxy) is 1. The van der Waals surface area contributed by atoms with E-state index in [9.17, 15) is 9.59 Å². The molecule has 1 aromatic rings. The lowest BCUT2D eigenvalue weighted by atomic mass is 10.2. The van der Waals surface area contributed by atoms with Crippen molar-refractivity contribution in [3.63, 3.8) is 0 Å². The van der Waals surface area contributed by atoms with Gasteiger partial charge in [-0.3, -0.25) is 14.3 Å². The normalized spacial score (nSPS) is 14.8. The van der Waals surface area contributed by atoms with Gasteiger partial charge < -0.3 is 4.74 Å². The molecule has 0 N–H and O–H groups in total. The number of hydrogen-bond acceptors (Lipinski definition) is 4. The van der Waals surface area contributed by atoms with E-state index in [-0.39, 0.29) is 12.2 Å². The molecule has 0 spiro atoms. The molecule has 5 heteroatoms. The second kappa shape index (κ2) is 4.47. The van der Waals surface area contributed by atoms with Crippen LogP contribution in [-0.4, -0.2) is 28.1 Å². The number of ketones is 1. The highest BCUT2D eigenvalue weighted by Crippen LogP contribution is 2.35. The molecule has 5 nitrogen and oxygen atoms in total. The predicted octanol–water partition coefficient (Wildman–Crippen LogP) is 1.35. The molecule has 86 valence electrons. The maximum atomic E-state index is 11.8. The van der Waals surface area contributed by atoms with E-state index >= 15 is 0 Å². The van der Waals surface area contributed by atoms with Gasteiger partial charge in [-0.15, -0.1) is 0 Å². The monoisotopic (exact) mass is 222 g/mol. The van der Waals surface area contributed by atoms with Crippen molar-refractivity contribution in [2.75, 3.05) is 6.61 Å². The van der Waals surface area contributed by atoms with Gasteiger partial charge in [-0.25, -0.2) is 0 Å². The number of aromatic nitrogens is 2. The molecular weight excluding hydrogens is 208 g/mol. The van der Waals surface area contributed by atoms with Crippen LogP contribution in [0.15, 0.2) is 12.3 Å². The lowest BCUT2D eigenvalue weighted by Gasteiger charge is -2.04. The van der Waals surface area contributed by atoms with E-state index in [0.717, 1.165) is 12.8 Å². The summed E-state index contributed by atoms with van der Waals surface area (Å²) in [5.41, 5.74) is 0.510. The smallest absolute Gasteiger partial charge is 0.313 e. The summed E-state index contributed by atoms with van der Waals surface area (Å²) in [5.74, 6) is -0.695. The molecule has 0 atom stereocenters. The van der Waals surface area contributed by atoms with Gasteiger partial charge in [0.05, 0.1) is 12.6 Å². The van der Waals surface area contributed by atoms with Gasteiger partial charge in [0.25, 0.3) is 0 Å². The van der Waals surface area contributed by atoms with Crippen molar-refractivity contribution >= 4 is 11.8 Å². The quantitative estimate of drug-likeness (QED) is 0.428. The first-order valence-corrected chi connectivity index (χ1v) is 5.44. The summed E-state index contributed by atoms with van der Waals surface area (Å²) in [6, 6.07) is 2.00. The number of hydrogen-bond donors (Lipinski definition) is 0.